The molecule has 13 heavy (non-hydrogen) atoms. The van der Waals surface area contributed by atoms with Crippen LogP contribution in [0.4, 0.5) is 0 Å². The van der Waals surface area contributed by atoms with Gasteiger partial charge in [-0.15, -0.1) is 0 Å². The first kappa shape index (κ1) is 9.78. The number of phenolic OH excluding ortho intramolecular Hbond substituents is 1. The third-order valence-corrected chi connectivity index (χ3v) is 2.21. The molecule has 1 N–H and O–H groups in total. The standard InChI is InChI=1S/C11H14O2/c1-4-9-6-10(8(3)12)11(13)5-7(9)2/h5-6,13H,4H2,1-3H3. The van der Waals surface area contributed by atoms with E-state index < -0.39 is 0 Å². The Kier molecular flexibility index (Phi) is 2.71. The van der Waals surface area contributed by atoms with Crippen LogP contribution in [-0.4, -0.2) is 10.9 Å². The number of ketones is 1. The lowest BCUT2D eigenvalue weighted by atomic mass is 10.0. The summed E-state index contributed by atoms with van der Waals surface area (Å²) < 4.78 is 0. The molecule has 1 aromatic rings. The van der Waals surface area contributed by atoms with Crippen LogP contribution in [-0.2, 0) is 6.42 Å². The molecule has 0 fully saturated rings. The van der Waals surface area contributed by atoms with Crippen LogP contribution in [0.5, 0.6) is 5.75 Å². The molecule has 0 radical (unpaired) electrons. The van der Waals surface area contributed by atoms with E-state index in [4.69, 9.17) is 0 Å². The highest BCUT2D eigenvalue weighted by Crippen LogP contribution is 2.22. The van der Waals surface area contributed by atoms with Gasteiger partial charge < -0.3 is 5.11 Å². The van der Waals surface area contributed by atoms with Crippen LogP contribution >= 0.6 is 0 Å². The van der Waals surface area contributed by atoms with Crippen molar-refractivity contribution in [3.8, 4) is 5.75 Å². The van der Waals surface area contributed by atoms with Gasteiger partial charge in [-0.05, 0) is 43.5 Å². The zero-order valence-corrected chi connectivity index (χ0v) is 8.22. The van der Waals surface area contributed by atoms with E-state index in [1.54, 1.807) is 12.1 Å². The van der Waals surface area contributed by atoms with Gasteiger partial charge in [-0.2, -0.15) is 0 Å². The smallest absolute Gasteiger partial charge is 0.163 e. The zero-order chi connectivity index (χ0) is 10.0. The number of hydrogen-bond acceptors (Lipinski definition) is 2. The molecular formula is C11H14O2. The average Bonchev–Trinajstić information content (AvgIpc) is 2.03. The predicted octanol–water partition coefficient (Wildman–Crippen LogP) is 2.47. The lowest BCUT2D eigenvalue weighted by molar-refractivity contribution is 0.101. The van der Waals surface area contributed by atoms with E-state index in [0.29, 0.717) is 5.56 Å². The molecule has 1 aromatic carbocycles. The van der Waals surface area contributed by atoms with E-state index in [-0.39, 0.29) is 11.5 Å². The summed E-state index contributed by atoms with van der Waals surface area (Å²) in [5.41, 5.74) is 2.57. The van der Waals surface area contributed by atoms with E-state index in [1.807, 2.05) is 13.8 Å². The lowest BCUT2D eigenvalue weighted by Gasteiger charge is -2.07. The van der Waals surface area contributed by atoms with E-state index in [2.05, 4.69) is 0 Å². The van der Waals surface area contributed by atoms with E-state index >= 15 is 0 Å². The van der Waals surface area contributed by atoms with Gasteiger partial charge in [0.1, 0.15) is 5.75 Å². The molecule has 0 aliphatic heterocycles. The molecule has 70 valence electrons. The number of aromatic hydroxyl groups is 1. The molecule has 2 nitrogen and oxygen atoms in total. The second-order valence-electron chi connectivity index (χ2n) is 3.21. The second kappa shape index (κ2) is 3.60. The highest BCUT2D eigenvalue weighted by molar-refractivity contribution is 5.97. The minimum Gasteiger partial charge on any atom is -0.507 e. The summed E-state index contributed by atoms with van der Waals surface area (Å²) in [6.07, 6.45) is 0.881. The van der Waals surface area contributed by atoms with Crippen molar-refractivity contribution < 1.29 is 9.90 Å². The van der Waals surface area contributed by atoms with Gasteiger partial charge >= 0.3 is 0 Å². The summed E-state index contributed by atoms with van der Waals surface area (Å²) in [4.78, 5) is 11.1. The lowest BCUT2D eigenvalue weighted by Crippen LogP contribution is -1.96. The van der Waals surface area contributed by atoms with Crippen molar-refractivity contribution in [2.75, 3.05) is 0 Å². The van der Waals surface area contributed by atoms with Crippen molar-refractivity contribution in [1.82, 2.24) is 0 Å². The summed E-state index contributed by atoms with van der Waals surface area (Å²) >= 11 is 0. The molecule has 1 rings (SSSR count). The number of hydrogen-bond donors (Lipinski definition) is 1. The molecule has 0 atom stereocenters. The van der Waals surface area contributed by atoms with Gasteiger partial charge in [0.2, 0.25) is 0 Å². The van der Waals surface area contributed by atoms with Crippen LogP contribution in [0.2, 0.25) is 0 Å². The number of benzene rings is 1. The van der Waals surface area contributed by atoms with Gasteiger partial charge in [0, 0.05) is 0 Å². The molecule has 0 amide bonds. The largest absolute Gasteiger partial charge is 0.507 e. The second-order valence-corrected chi connectivity index (χ2v) is 3.21. The van der Waals surface area contributed by atoms with Gasteiger partial charge in [0.15, 0.2) is 5.78 Å². The summed E-state index contributed by atoms with van der Waals surface area (Å²) in [5.74, 6) is -0.00519. The summed E-state index contributed by atoms with van der Waals surface area (Å²) in [5, 5.41) is 9.46. The Morgan fingerprint density at radius 3 is 2.54 bits per heavy atom. The van der Waals surface area contributed by atoms with Crippen molar-refractivity contribution in [1.29, 1.82) is 0 Å². The fraction of sp³-hybridized carbons (Fsp3) is 0.364. The van der Waals surface area contributed by atoms with Crippen molar-refractivity contribution in [2.24, 2.45) is 0 Å². The summed E-state index contributed by atoms with van der Waals surface area (Å²) in [6.45, 7) is 5.43. The molecule has 0 aliphatic carbocycles. The first-order valence-electron chi connectivity index (χ1n) is 4.39. The minimum atomic E-state index is -0.0906. The van der Waals surface area contributed by atoms with Gasteiger partial charge in [0.05, 0.1) is 5.56 Å². The molecular weight excluding hydrogens is 164 g/mol. The summed E-state index contributed by atoms with van der Waals surface area (Å²) in [6, 6.07) is 3.42. The Balaban J connectivity index is 3.30. The van der Waals surface area contributed by atoms with Gasteiger partial charge in [-0.25, -0.2) is 0 Å². The molecule has 0 heterocycles. The quantitative estimate of drug-likeness (QED) is 0.706. The van der Waals surface area contributed by atoms with Crippen LogP contribution in [0.25, 0.3) is 0 Å². The Hall–Kier alpha value is -1.31. The van der Waals surface area contributed by atoms with Crippen LogP contribution in [0, 0.1) is 6.92 Å². The number of aryl methyl sites for hydroxylation is 2. The van der Waals surface area contributed by atoms with Crippen LogP contribution in [0.15, 0.2) is 12.1 Å². The third kappa shape index (κ3) is 1.89. The van der Waals surface area contributed by atoms with Crippen LogP contribution in [0.1, 0.15) is 35.3 Å². The predicted molar refractivity (Wildman–Crippen MR) is 52.2 cm³/mol. The highest BCUT2D eigenvalue weighted by atomic mass is 16.3. The fourth-order valence-electron chi connectivity index (χ4n) is 1.40. The topological polar surface area (TPSA) is 37.3 Å². The Morgan fingerprint density at radius 2 is 2.08 bits per heavy atom. The van der Waals surface area contributed by atoms with Crippen molar-refractivity contribution >= 4 is 5.78 Å². The molecule has 0 saturated heterocycles. The maximum atomic E-state index is 11.1. The van der Waals surface area contributed by atoms with Crippen molar-refractivity contribution in [3.05, 3.63) is 28.8 Å². The number of Topliss-reactive ketones (excluding diaryl/α,β-unsaturated/α-hetero) is 1. The number of carbonyl (C=O) groups is 1. The minimum absolute atomic E-state index is 0.0854. The van der Waals surface area contributed by atoms with Crippen molar-refractivity contribution in [2.45, 2.75) is 27.2 Å². The van der Waals surface area contributed by atoms with Crippen LogP contribution < -0.4 is 0 Å². The van der Waals surface area contributed by atoms with Crippen LogP contribution in [0.3, 0.4) is 0 Å². The SMILES string of the molecule is CCc1cc(C(C)=O)c(O)cc1C. The maximum Gasteiger partial charge on any atom is 0.163 e. The Bertz CT molecular complexity index is 340. The van der Waals surface area contributed by atoms with E-state index in [9.17, 15) is 9.90 Å². The van der Waals surface area contributed by atoms with Crippen molar-refractivity contribution in [3.63, 3.8) is 0 Å². The Morgan fingerprint density at radius 1 is 1.46 bits per heavy atom. The maximum absolute atomic E-state index is 11.1. The number of phenols is 1. The average molecular weight is 178 g/mol. The Labute approximate surface area is 78.2 Å². The third-order valence-electron chi connectivity index (χ3n) is 2.21. The number of carbonyl (C=O) groups excluding carboxylic acids is 1. The molecule has 0 bridgehead atoms. The fourth-order valence-corrected chi connectivity index (χ4v) is 1.40. The van der Waals surface area contributed by atoms with Gasteiger partial charge in [-0.1, -0.05) is 6.92 Å². The first-order valence-corrected chi connectivity index (χ1v) is 4.39. The van der Waals surface area contributed by atoms with E-state index in [0.717, 1.165) is 17.5 Å². The van der Waals surface area contributed by atoms with Gasteiger partial charge in [0.25, 0.3) is 0 Å². The molecule has 0 unspecified atom stereocenters. The molecule has 0 aliphatic rings. The molecule has 0 saturated carbocycles. The monoisotopic (exact) mass is 178 g/mol. The highest BCUT2D eigenvalue weighted by Gasteiger charge is 2.08. The molecule has 0 spiro atoms. The normalized spacial score (nSPS) is 10.1. The van der Waals surface area contributed by atoms with E-state index in [1.165, 1.54) is 6.92 Å². The first-order chi connectivity index (χ1) is 6.06. The number of rotatable bonds is 2. The zero-order valence-electron chi connectivity index (χ0n) is 8.22. The molecule has 0 aromatic heterocycles. The molecule has 2 heteroatoms. The summed E-state index contributed by atoms with van der Waals surface area (Å²) in [7, 11) is 0. The van der Waals surface area contributed by atoms with Gasteiger partial charge in [-0.3, -0.25) is 4.79 Å².